The van der Waals surface area contributed by atoms with Crippen LogP contribution in [0.25, 0.3) is 0 Å². The maximum atomic E-state index is 14.0. The van der Waals surface area contributed by atoms with E-state index in [-0.39, 0.29) is 71.4 Å². The maximum absolute atomic E-state index is 14.0. The molecule has 0 aromatic heterocycles. The van der Waals surface area contributed by atoms with E-state index in [1.807, 2.05) is 0 Å². The number of carboxylic acid groups (broad SMARTS) is 1. The zero-order valence-corrected chi connectivity index (χ0v) is 35.6. The summed E-state index contributed by atoms with van der Waals surface area (Å²) in [5.74, 6) is -7.30. The minimum Gasteiger partial charge on any atom is -0.480 e. The van der Waals surface area contributed by atoms with Crippen LogP contribution < -0.4 is 32.7 Å². The fraction of sp³-hybridized carbons (Fsp3) is 0.744. The van der Waals surface area contributed by atoms with E-state index in [2.05, 4.69) is 21.3 Å². The third-order valence-corrected chi connectivity index (χ3v) is 12.3. The molecule has 0 aromatic carbocycles. The van der Waals surface area contributed by atoms with Crippen LogP contribution in [0.5, 0.6) is 0 Å². The zero-order chi connectivity index (χ0) is 46.8. The third-order valence-electron chi connectivity index (χ3n) is 12.3. The van der Waals surface area contributed by atoms with Crippen molar-refractivity contribution in [2.45, 2.75) is 119 Å². The number of carbonyl (C=O) groups excluding carboxylic acids is 9. The molecule has 5 rings (SSSR count). The predicted molar refractivity (Wildman–Crippen MR) is 218 cm³/mol. The summed E-state index contributed by atoms with van der Waals surface area (Å²) >= 11 is 0. The van der Waals surface area contributed by atoms with E-state index in [1.165, 1.54) is 14.7 Å². The van der Waals surface area contributed by atoms with Gasteiger partial charge in [-0.3, -0.25) is 47.9 Å². The molecule has 5 saturated heterocycles. The Morgan fingerprint density at radius 3 is 1.50 bits per heavy atom. The van der Waals surface area contributed by atoms with Crippen molar-refractivity contribution in [3.63, 3.8) is 0 Å². The van der Waals surface area contributed by atoms with Crippen molar-refractivity contribution in [2.24, 2.45) is 11.5 Å². The molecule has 0 spiro atoms. The number of nitrogens with two attached hydrogens (primary N) is 2. The van der Waals surface area contributed by atoms with Gasteiger partial charge in [0.25, 0.3) is 0 Å². The number of rotatable bonds is 18. The number of β-amino-alcohol motifs (C(OH)–C–C–N with tert-alkyl or cyclic N) is 3. The van der Waals surface area contributed by atoms with Crippen molar-refractivity contribution in [2.75, 3.05) is 65.4 Å². The molecular formula is C39H61N11O14. The molecule has 0 bridgehead atoms. The lowest BCUT2D eigenvalue weighted by molar-refractivity contribution is -0.147. The van der Waals surface area contributed by atoms with E-state index in [0.29, 0.717) is 38.6 Å². The number of carbonyl (C=O) groups is 10. The van der Waals surface area contributed by atoms with Gasteiger partial charge in [-0.2, -0.15) is 0 Å². The summed E-state index contributed by atoms with van der Waals surface area (Å²) in [6.07, 6.45) is -1.11. The molecule has 0 aliphatic carbocycles. The molecule has 5 aliphatic rings. The largest absolute Gasteiger partial charge is 0.480 e. The summed E-state index contributed by atoms with van der Waals surface area (Å²) in [6, 6.07) is -6.64. The summed E-state index contributed by atoms with van der Waals surface area (Å²) in [5.41, 5.74) is 11.1. The fourth-order valence-electron chi connectivity index (χ4n) is 9.21. The average Bonchev–Trinajstić information content (AvgIpc) is 4.13. The summed E-state index contributed by atoms with van der Waals surface area (Å²) in [6.45, 7) is -2.07. The second kappa shape index (κ2) is 22.4. The van der Waals surface area contributed by atoms with Crippen LogP contribution in [-0.4, -0.2) is 224 Å². The van der Waals surface area contributed by atoms with Gasteiger partial charge < -0.3 is 77.7 Å². The lowest BCUT2D eigenvalue weighted by Gasteiger charge is -2.32. The van der Waals surface area contributed by atoms with E-state index in [1.54, 1.807) is 0 Å². The smallest absolute Gasteiger partial charge is 0.322 e. The van der Waals surface area contributed by atoms with Gasteiger partial charge in [-0.25, -0.2) is 0 Å². The minimum absolute atomic E-state index is 0.0864. The van der Waals surface area contributed by atoms with Crippen LogP contribution in [0.2, 0.25) is 0 Å². The molecule has 25 heteroatoms. The van der Waals surface area contributed by atoms with Crippen LogP contribution in [0.15, 0.2) is 0 Å². The number of hydrogen-bond acceptors (Lipinski definition) is 15. The third kappa shape index (κ3) is 12.0. The lowest BCUT2D eigenvalue weighted by atomic mass is 10.1. The van der Waals surface area contributed by atoms with Crippen LogP contribution in [0.3, 0.4) is 0 Å². The van der Waals surface area contributed by atoms with E-state index < -0.39 is 133 Å². The van der Waals surface area contributed by atoms with Crippen LogP contribution in [0.4, 0.5) is 0 Å². The molecule has 0 saturated carbocycles. The Morgan fingerprint density at radius 2 is 1.02 bits per heavy atom. The molecule has 356 valence electrons. The quantitative estimate of drug-likeness (QED) is 0.0571. The Balaban J connectivity index is 1.15. The lowest BCUT2D eigenvalue weighted by Crippen LogP contribution is -2.56. The van der Waals surface area contributed by atoms with Gasteiger partial charge >= 0.3 is 5.97 Å². The van der Waals surface area contributed by atoms with E-state index >= 15 is 0 Å². The van der Waals surface area contributed by atoms with Crippen LogP contribution in [0, 0.1) is 0 Å². The average molecular weight is 908 g/mol. The summed E-state index contributed by atoms with van der Waals surface area (Å²) in [4.78, 5) is 137. The van der Waals surface area contributed by atoms with Crippen molar-refractivity contribution >= 4 is 59.1 Å². The number of carboxylic acids is 1. The van der Waals surface area contributed by atoms with Crippen molar-refractivity contribution < 1.29 is 68.4 Å². The molecule has 5 fully saturated rings. The molecule has 5 aliphatic heterocycles. The van der Waals surface area contributed by atoms with E-state index in [0.717, 1.165) is 9.80 Å². The number of nitrogens with zero attached hydrogens (tertiary/aromatic N) is 5. The highest BCUT2D eigenvalue weighted by molar-refractivity contribution is 5.98. The summed E-state index contributed by atoms with van der Waals surface area (Å²) in [7, 11) is 0. The van der Waals surface area contributed by atoms with Crippen molar-refractivity contribution in [3.8, 4) is 0 Å². The molecule has 25 nitrogen and oxygen atoms in total. The number of aliphatic hydroxyl groups excluding tert-OH is 3. The van der Waals surface area contributed by atoms with Gasteiger partial charge in [0.15, 0.2) is 0 Å². The number of amides is 9. The second-order valence-corrected chi connectivity index (χ2v) is 16.8. The monoisotopic (exact) mass is 907 g/mol. The first-order valence-electron chi connectivity index (χ1n) is 21.7. The van der Waals surface area contributed by atoms with Crippen LogP contribution >= 0.6 is 0 Å². The second-order valence-electron chi connectivity index (χ2n) is 16.8. The van der Waals surface area contributed by atoms with Gasteiger partial charge in [-0.15, -0.1) is 0 Å². The fourth-order valence-corrected chi connectivity index (χ4v) is 9.21. The molecule has 12 N–H and O–H groups in total. The molecule has 0 unspecified atom stereocenters. The van der Waals surface area contributed by atoms with Gasteiger partial charge in [-0.1, -0.05) is 0 Å². The molecule has 5 heterocycles. The van der Waals surface area contributed by atoms with Gasteiger partial charge in [0, 0.05) is 52.0 Å². The molecule has 9 atom stereocenters. The normalized spacial score (nSPS) is 27.0. The maximum Gasteiger partial charge on any atom is 0.322 e. The van der Waals surface area contributed by atoms with Crippen molar-refractivity contribution in [1.82, 2.24) is 45.8 Å². The van der Waals surface area contributed by atoms with Gasteiger partial charge in [0.05, 0.1) is 37.9 Å². The number of aliphatic hydroxyl groups is 3. The van der Waals surface area contributed by atoms with Gasteiger partial charge in [0.2, 0.25) is 53.2 Å². The Bertz CT molecular complexity index is 1800. The first-order chi connectivity index (χ1) is 30.4. The van der Waals surface area contributed by atoms with E-state index in [4.69, 9.17) is 16.6 Å². The number of aliphatic carboxylic acids is 1. The number of unbranched alkanes of at least 4 members (excludes halogenated alkanes) is 1. The van der Waals surface area contributed by atoms with Crippen LogP contribution in [-0.2, 0) is 47.9 Å². The SMILES string of the molecule is NCCCC[C@H](NC(=O)CNC(=O)[C@@H]1C[C@@H](O)CN1C(=O)[C@@H]1CCCN1C(=O)CNC(=O)[C@@H]1C[C@@H](O)CN1C(=O)[C@@H]1CCCN1C(=O)CN)C(=O)N1C[C@H](O)C[C@H]1C(=O)NCC(=O)O. The molecular weight excluding hydrogens is 846 g/mol. The standard InChI is InChI=1S/C39H61N11O14/c40-8-2-1-5-24(37(62)48-18-21(51)11-27(48)36(61)44-17-33(57)58)45-30(54)15-42-34(59)28-12-22(52)19-49(28)39(64)26-7-4-10-47(26)32(56)16-43-35(60)29-13-23(53)20-50(29)38(63)25-6-3-9-46(25)31(55)14-41/h21-29,51-53H,1-20,40-41H2,(H,42,59)(H,43,60)(H,44,61)(H,45,54)(H,57,58)/t21-,22-,23-,24+,25+,26+,27+,28+,29+/m1/s1. The van der Waals surface area contributed by atoms with Crippen molar-refractivity contribution in [3.05, 3.63) is 0 Å². The number of nitrogens with one attached hydrogen (secondary N) is 4. The minimum atomic E-state index is -1.31. The highest BCUT2D eigenvalue weighted by atomic mass is 16.4. The molecule has 64 heavy (non-hydrogen) atoms. The highest BCUT2D eigenvalue weighted by Crippen LogP contribution is 2.28. The molecule has 0 aromatic rings. The Morgan fingerprint density at radius 1 is 0.562 bits per heavy atom. The topological polar surface area (TPSA) is 368 Å². The molecule has 9 amide bonds. The predicted octanol–water partition coefficient (Wildman–Crippen LogP) is -7.14. The first-order valence-corrected chi connectivity index (χ1v) is 21.7. The Hall–Kier alpha value is -5.50. The number of hydrogen-bond donors (Lipinski definition) is 10. The van der Waals surface area contributed by atoms with Gasteiger partial charge in [-0.05, 0) is 51.5 Å². The van der Waals surface area contributed by atoms with E-state index in [9.17, 15) is 63.3 Å². The summed E-state index contributed by atoms with van der Waals surface area (Å²) < 4.78 is 0. The summed E-state index contributed by atoms with van der Waals surface area (Å²) in [5, 5.41) is 49.9. The van der Waals surface area contributed by atoms with Crippen LogP contribution in [0.1, 0.15) is 64.2 Å². The van der Waals surface area contributed by atoms with Gasteiger partial charge in [0.1, 0.15) is 42.8 Å². The Labute approximate surface area is 368 Å². The molecule has 0 radical (unpaired) electrons. The first kappa shape index (κ1) is 49.5. The Kier molecular flexibility index (Phi) is 17.3. The highest BCUT2D eigenvalue weighted by Gasteiger charge is 2.47. The zero-order valence-electron chi connectivity index (χ0n) is 35.6. The number of likely N-dealkylation sites (tertiary alicyclic amines) is 5. The van der Waals surface area contributed by atoms with Crippen molar-refractivity contribution in [1.29, 1.82) is 0 Å².